The van der Waals surface area contributed by atoms with Crippen LogP contribution in [0.2, 0.25) is 10.0 Å². The Hall–Kier alpha value is -0.770. The molecule has 1 rings (SSSR count). The van der Waals surface area contributed by atoms with Crippen molar-refractivity contribution in [3.8, 4) is 0 Å². The number of amides is 1. The van der Waals surface area contributed by atoms with Crippen molar-refractivity contribution >= 4 is 29.1 Å². The average molecular weight is 304 g/mol. The summed E-state index contributed by atoms with van der Waals surface area (Å²) in [6.07, 6.45) is 0.194. The molecule has 1 aromatic rings. The van der Waals surface area contributed by atoms with Gasteiger partial charge in [-0.1, -0.05) is 43.1 Å². The maximum Gasteiger partial charge on any atom is 0.254 e. The number of hydrogen-bond acceptors (Lipinski definition) is 2. The van der Waals surface area contributed by atoms with Crippen molar-refractivity contribution in [3.05, 3.63) is 33.8 Å². The number of carbonyl (C=O) groups is 1. The number of nitrogens with one attached hydrogen (secondary N) is 1. The molecule has 0 radical (unpaired) electrons. The molecule has 3 nitrogen and oxygen atoms in total. The predicted molar refractivity (Wildman–Crippen MR) is 78.9 cm³/mol. The van der Waals surface area contributed by atoms with Crippen LogP contribution in [0.15, 0.2) is 18.2 Å². The fourth-order valence-electron chi connectivity index (χ4n) is 1.99. The topological polar surface area (TPSA) is 49.3 Å². The maximum absolute atomic E-state index is 12.1. The van der Waals surface area contributed by atoms with Gasteiger partial charge in [0.25, 0.3) is 5.91 Å². The van der Waals surface area contributed by atoms with Gasteiger partial charge in [0.05, 0.1) is 21.7 Å². The summed E-state index contributed by atoms with van der Waals surface area (Å²) in [6.45, 7) is 6.13. The van der Waals surface area contributed by atoms with E-state index in [1.165, 1.54) is 0 Å². The minimum atomic E-state index is -0.407. The monoisotopic (exact) mass is 303 g/mol. The van der Waals surface area contributed by atoms with Crippen LogP contribution in [0, 0.1) is 5.41 Å². The van der Waals surface area contributed by atoms with Crippen LogP contribution in [-0.2, 0) is 0 Å². The number of aliphatic hydroxyl groups excluding tert-OH is 1. The van der Waals surface area contributed by atoms with Crippen molar-refractivity contribution in [2.75, 3.05) is 6.54 Å². The van der Waals surface area contributed by atoms with Gasteiger partial charge in [-0.3, -0.25) is 4.79 Å². The van der Waals surface area contributed by atoms with Gasteiger partial charge in [-0.05, 0) is 30.9 Å². The van der Waals surface area contributed by atoms with Gasteiger partial charge in [-0.15, -0.1) is 0 Å². The molecular weight excluding hydrogens is 285 g/mol. The van der Waals surface area contributed by atoms with E-state index in [1.807, 2.05) is 13.8 Å². The molecule has 0 saturated heterocycles. The van der Waals surface area contributed by atoms with Gasteiger partial charge in [-0.2, -0.15) is 0 Å². The number of carbonyl (C=O) groups excluding carboxylic acids is 1. The summed E-state index contributed by atoms with van der Waals surface area (Å²) in [5, 5.41) is 12.9. The quantitative estimate of drug-likeness (QED) is 0.874. The lowest BCUT2D eigenvalue weighted by Gasteiger charge is -2.26. The Kier molecular flexibility index (Phi) is 5.65. The number of aliphatic hydroxyl groups is 1. The molecule has 0 aliphatic rings. The molecule has 1 aromatic carbocycles. The minimum Gasteiger partial charge on any atom is -0.393 e. The fourth-order valence-corrected chi connectivity index (χ4v) is 2.56. The Bertz CT molecular complexity index is 439. The van der Waals surface area contributed by atoms with Crippen molar-refractivity contribution in [1.29, 1.82) is 0 Å². The smallest absolute Gasteiger partial charge is 0.254 e. The van der Waals surface area contributed by atoms with Crippen LogP contribution in [0.3, 0.4) is 0 Å². The largest absolute Gasteiger partial charge is 0.393 e. The van der Waals surface area contributed by atoms with Crippen LogP contribution >= 0.6 is 23.2 Å². The van der Waals surface area contributed by atoms with Crippen LogP contribution < -0.4 is 5.32 Å². The standard InChI is InChI=1S/C14H19Cl2NO2/c1-9(18)7-14(2,3)8-17-13(19)12-10(15)5-4-6-11(12)16/h4-6,9,18H,7-8H2,1-3H3,(H,17,19). The summed E-state index contributed by atoms with van der Waals surface area (Å²) in [6, 6.07) is 4.95. The van der Waals surface area contributed by atoms with E-state index >= 15 is 0 Å². The van der Waals surface area contributed by atoms with Crippen LogP contribution in [0.4, 0.5) is 0 Å². The van der Waals surface area contributed by atoms with Crippen molar-refractivity contribution in [1.82, 2.24) is 5.32 Å². The molecule has 0 heterocycles. The molecule has 0 bridgehead atoms. The van der Waals surface area contributed by atoms with Gasteiger partial charge < -0.3 is 10.4 Å². The van der Waals surface area contributed by atoms with E-state index in [4.69, 9.17) is 23.2 Å². The highest BCUT2D eigenvalue weighted by Gasteiger charge is 2.22. The summed E-state index contributed by atoms with van der Waals surface area (Å²) in [5.41, 5.74) is 0.0936. The normalized spacial score (nSPS) is 13.2. The van der Waals surface area contributed by atoms with E-state index in [0.29, 0.717) is 28.6 Å². The first kappa shape index (κ1) is 16.3. The van der Waals surface area contributed by atoms with E-state index in [2.05, 4.69) is 5.32 Å². The summed E-state index contributed by atoms with van der Waals surface area (Å²) in [7, 11) is 0. The summed E-state index contributed by atoms with van der Waals surface area (Å²) < 4.78 is 0. The Morgan fingerprint density at radius 3 is 2.37 bits per heavy atom. The zero-order valence-electron chi connectivity index (χ0n) is 11.3. The molecule has 106 valence electrons. The molecular formula is C14H19Cl2NO2. The Morgan fingerprint density at radius 2 is 1.89 bits per heavy atom. The van der Waals surface area contributed by atoms with Gasteiger partial charge in [0.2, 0.25) is 0 Å². The second-order valence-corrected chi connectivity index (χ2v) is 6.31. The lowest BCUT2D eigenvalue weighted by Crippen LogP contribution is -2.36. The molecule has 1 unspecified atom stereocenters. The lowest BCUT2D eigenvalue weighted by atomic mass is 9.87. The van der Waals surface area contributed by atoms with Crippen molar-refractivity contribution in [3.63, 3.8) is 0 Å². The van der Waals surface area contributed by atoms with Gasteiger partial charge in [-0.25, -0.2) is 0 Å². The second kappa shape index (κ2) is 6.60. The van der Waals surface area contributed by atoms with Crippen LogP contribution in [0.5, 0.6) is 0 Å². The zero-order valence-corrected chi connectivity index (χ0v) is 12.8. The molecule has 0 saturated carbocycles. The molecule has 5 heteroatoms. The highest BCUT2D eigenvalue weighted by atomic mass is 35.5. The minimum absolute atomic E-state index is 0.197. The van der Waals surface area contributed by atoms with Gasteiger partial charge in [0, 0.05) is 6.54 Å². The van der Waals surface area contributed by atoms with E-state index in [-0.39, 0.29) is 11.3 Å². The van der Waals surface area contributed by atoms with E-state index in [9.17, 15) is 9.90 Å². The van der Waals surface area contributed by atoms with Crippen LogP contribution in [-0.4, -0.2) is 23.7 Å². The van der Waals surface area contributed by atoms with E-state index in [0.717, 1.165) is 0 Å². The van der Waals surface area contributed by atoms with Gasteiger partial charge >= 0.3 is 0 Å². The first-order valence-corrected chi connectivity index (χ1v) is 6.89. The highest BCUT2D eigenvalue weighted by molar-refractivity contribution is 6.39. The number of benzene rings is 1. The molecule has 1 atom stereocenters. The van der Waals surface area contributed by atoms with Crippen molar-refractivity contribution in [2.45, 2.75) is 33.3 Å². The van der Waals surface area contributed by atoms with Crippen molar-refractivity contribution in [2.24, 2.45) is 5.41 Å². The van der Waals surface area contributed by atoms with E-state index in [1.54, 1.807) is 25.1 Å². The molecule has 2 N–H and O–H groups in total. The molecule has 0 fully saturated rings. The van der Waals surface area contributed by atoms with E-state index < -0.39 is 6.10 Å². The number of rotatable bonds is 5. The highest BCUT2D eigenvalue weighted by Crippen LogP contribution is 2.25. The molecule has 19 heavy (non-hydrogen) atoms. The summed E-state index contributed by atoms with van der Waals surface area (Å²) in [4.78, 5) is 12.1. The predicted octanol–water partition coefficient (Wildman–Crippen LogP) is 3.52. The second-order valence-electron chi connectivity index (χ2n) is 5.50. The fraction of sp³-hybridized carbons (Fsp3) is 0.500. The first-order chi connectivity index (χ1) is 8.73. The molecule has 0 aliphatic heterocycles. The average Bonchev–Trinajstić information content (AvgIpc) is 2.24. The molecule has 0 aromatic heterocycles. The van der Waals surface area contributed by atoms with Crippen molar-refractivity contribution < 1.29 is 9.90 Å². The number of halogens is 2. The third-order valence-electron chi connectivity index (χ3n) is 2.77. The summed E-state index contributed by atoms with van der Waals surface area (Å²) >= 11 is 11.9. The first-order valence-electron chi connectivity index (χ1n) is 6.13. The Balaban J connectivity index is 2.71. The Morgan fingerprint density at radius 1 is 1.37 bits per heavy atom. The van der Waals surface area contributed by atoms with Gasteiger partial charge in [0.1, 0.15) is 0 Å². The maximum atomic E-state index is 12.1. The van der Waals surface area contributed by atoms with Crippen LogP contribution in [0.1, 0.15) is 37.6 Å². The molecule has 0 spiro atoms. The Labute approximate surface area is 123 Å². The van der Waals surface area contributed by atoms with Gasteiger partial charge in [0.15, 0.2) is 0 Å². The summed E-state index contributed by atoms with van der Waals surface area (Å²) in [5.74, 6) is -0.297. The van der Waals surface area contributed by atoms with Crippen LogP contribution in [0.25, 0.3) is 0 Å². The SMILES string of the molecule is CC(O)CC(C)(C)CNC(=O)c1c(Cl)cccc1Cl. The molecule has 0 aliphatic carbocycles. The lowest BCUT2D eigenvalue weighted by molar-refractivity contribution is 0.0902. The molecule has 1 amide bonds. The number of hydrogen-bond donors (Lipinski definition) is 2. The third-order valence-corrected chi connectivity index (χ3v) is 3.40. The third kappa shape index (κ3) is 5.01. The zero-order chi connectivity index (χ0) is 14.6.